The van der Waals surface area contributed by atoms with Gasteiger partial charge in [-0.3, -0.25) is 4.99 Å². The molecule has 0 fully saturated rings. The molecule has 168 valence electrons. The number of hydrogen-bond donors (Lipinski definition) is 2. The van der Waals surface area contributed by atoms with E-state index in [0.29, 0.717) is 28.1 Å². The van der Waals surface area contributed by atoms with Gasteiger partial charge in [0.1, 0.15) is 11.6 Å². The molecule has 0 unspecified atom stereocenters. The molecule has 0 bridgehead atoms. The highest BCUT2D eigenvalue weighted by Gasteiger charge is 2.25. The quantitative estimate of drug-likeness (QED) is 0.345. The Morgan fingerprint density at radius 1 is 1.00 bits per heavy atom. The lowest BCUT2D eigenvalue weighted by atomic mass is 9.95. The van der Waals surface area contributed by atoms with E-state index in [-0.39, 0.29) is 29.3 Å². The number of carbonyl (C=O) groups is 1. The van der Waals surface area contributed by atoms with Crippen LogP contribution in [0.4, 0.5) is 20.4 Å². The number of halogens is 3. The first-order valence-electron chi connectivity index (χ1n) is 10.2. The minimum Gasteiger partial charge on any atom is -0.478 e. The number of aromatic carboxylic acids is 1. The highest BCUT2D eigenvalue weighted by molar-refractivity contribution is 9.10. The van der Waals surface area contributed by atoms with Crippen LogP contribution in [0.3, 0.4) is 0 Å². The van der Waals surface area contributed by atoms with E-state index >= 15 is 0 Å². The zero-order chi connectivity index (χ0) is 23.8. The monoisotopic (exact) mass is 520 g/mol. The molecule has 1 aliphatic rings. The van der Waals surface area contributed by atoms with Crippen molar-refractivity contribution in [1.82, 2.24) is 9.97 Å². The van der Waals surface area contributed by atoms with Crippen LogP contribution in [0.15, 0.2) is 76.3 Å². The van der Waals surface area contributed by atoms with Crippen molar-refractivity contribution >= 4 is 39.2 Å². The van der Waals surface area contributed by atoms with E-state index in [1.165, 1.54) is 30.3 Å². The zero-order valence-corrected chi connectivity index (χ0v) is 19.0. The smallest absolute Gasteiger partial charge is 0.335 e. The lowest BCUT2D eigenvalue weighted by Gasteiger charge is -2.13. The fourth-order valence-electron chi connectivity index (χ4n) is 3.75. The molecule has 1 aliphatic heterocycles. The van der Waals surface area contributed by atoms with Gasteiger partial charge >= 0.3 is 5.97 Å². The summed E-state index contributed by atoms with van der Waals surface area (Å²) in [5.74, 6) is -2.13. The standard InChI is InChI=1S/C25H15BrF2N4O2/c26-15-6-9-17-18(10-15)23(21-19(27)2-1-3-20(21)28)29-11-14-12-30-25(32-22(14)17)31-16-7-4-13(5-8-16)24(33)34/h1-10,12H,11H2,(H,33,34)(H,30,31,32). The third kappa shape index (κ3) is 4.06. The van der Waals surface area contributed by atoms with E-state index in [4.69, 9.17) is 5.11 Å². The Hall–Kier alpha value is -3.98. The van der Waals surface area contributed by atoms with Crippen molar-refractivity contribution in [2.24, 2.45) is 4.99 Å². The Morgan fingerprint density at radius 2 is 1.74 bits per heavy atom. The number of carboxylic acids is 1. The number of aliphatic imine (C=N–C) groups is 1. The second-order valence-electron chi connectivity index (χ2n) is 7.53. The molecule has 34 heavy (non-hydrogen) atoms. The van der Waals surface area contributed by atoms with Gasteiger partial charge < -0.3 is 10.4 Å². The molecule has 6 nitrogen and oxygen atoms in total. The van der Waals surface area contributed by atoms with E-state index in [2.05, 4.69) is 36.2 Å². The Bertz CT molecular complexity index is 1450. The summed E-state index contributed by atoms with van der Waals surface area (Å²) in [6.07, 6.45) is 1.62. The van der Waals surface area contributed by atoms with Crippen LogP contribution < -0.4 is 5.32 Å². The minimum atomic E-state index is -1.02. The topological polar surface area (TPSA) is 87.5 Å². The lowest BCUT2D eigenvalue weighted by molar-refractivity contribution is 0.0697. The van der Waals surface area contributed by atoms with Crippen molar-refractivity contribution in [3.8, 4) is 11.3 Å². The van der Waals surface area contributed by atoms with Crippen LogP contribution in [0, 0.1) is 11.6 Å². The van der Waals surface area contributed by atoms with Crippen LogP contribution in [0.2, 0.25) is 0 Å². The first-order valence-corrected chi connectivity index (χ1v) is 11.0. The summed E-state index contributed by atoms with van der Waals surface area (Å²) in [5.41, 5.74) is 3.25. The van der Waals surface area contributed by atoms with Crippen molar-refractivity contribution < 1.29 is 18.7 Å². The van der Waals surface area contributed by atoms with Crippen LogP contribution in [0.1, 0.15) is 27.0 Å². The number of anilines is 2. The number of nitrogens with zero attached hydrogens (tertiary/aromatic N) is 3. The molecule has 5 rings (SSSR count). The normalized spacial score (nSPS) is 12.3. The number of aromatic nitrogens is 2. The van der Waals surface area contributed by atoms with Crippen molar-refractivity contribution in [3.63, 3.8) is 0 Å². The fourth-order valence-corrected chi connectivity index (χ4v) is 4.11. The van der Waals surface area contributed by atoms with Crippen LogP contribution in [0.5, 0.6) is 0 Å². The van der Waals surface area contributed by atoms with Crippen LogP contribution in [0.25, 0.3) is 11.3 Å². The summed E-state index contributed by atoms with van der Waals surface area (Å²) in [7, 11) is 0. The summed E-state index contributed by atoms with van der Waals surface area (Å²) in [5, 5.41) is 12.1. The average Bonchev–Trinajstić information content (AvgIpc) is 2.96. The number of nitrogens with one attached hydrogen (secondary N) is 1. The van der Waals surface area contributed by atoms with Crippen molar-refractivity contribution in [2.75, 3.05) is 5.32 Å². The summed E-state index contributed by atoms with van der Waals surface area (Å²) in [4.78, 5) is 24.6. The molecule has 2 heterocycles. The molecule has 0 atom stereocenters. The molecule has 0 aliphatic carbocycles. The first-order chi connectivity index (χ1) is 16.4. The van der Waals surface area contributed by atoms with Gasteiger partial charge in [0.15, 0.2) is 0 Å². The molecular formula is C25H15BrF2N4O2. The molecule has 0 spiro atoms. The second-order valence-corrected chi connectivity index (χ2v) is 8.44. The zero-order valence-electron chi connectivity index (χ0n) is 17.4. The Morgan fingerprint density at radius 3 is 2.44 bits per heavy atom. The van der Waals surface area contributed by atoms with Crippen molar-refractivity contribution in [2.45, 2.75) is 6.54 Å². The van der Waals surface area contributed by atoms with Gasteiger partial charge in [0.25, 0.3) is 0 Å². The van der Waals surface area contributed by atoms with Gasteiger partial charge in [0.05, 0.1) is 29.1 Å². The van der Waals surface area contributed by atoms with E-state index < -0.39 is 17.6 Å². The van der Waals surface area contributed by atoms with Crippen LogP contribution >= 0.6 is 15.9 Å². The maximum atomic E-state index is 14.7. The van der Waals surface area contributed by atoms with Crippen molar-refractivity contribution in [3.05, 3.63) is 105 Å². The first kappa shape index (κ1) is 21.8. The maximum absolute atomic E-state index is 14.7. The Kier molecular flexibility index (Phi) is 5.62. The third-order valence-corrected chi connectivity index (χ3v) is 5.84. The Balaban J connectivity index is 1.59. The van der Waals surface area contributed by atoms with E-state index in [9.17, 15) is 13.6 Å². The molecule has 0 amide bonds. The van der Waals surface area contributed by atoms with E-state index in [1.54, 1.807) is 24.4 Å². The molecule has 2 N–H and O–H groups in total. The highest BCUT2D eigenvalue weighted by atomic mass is 79.9. The minimum absolute atomic E-state index is 0.137. The molecule has 0 saturated heterocycles. The van der Waals surface area contributed by atoms with Gasteiger partial charge in [0, 0.05) is 33.0 Å². The predicted octanol–water partition coefficient (Wildman–Crippen LogP) is 5.98. The summed E-state index contributed by atoms with van der Waals surface area (Å²) >= 11 is 3.44. The van der Waals surface area contributed by atoms with Gasteiger partial charge in [0.2, 0.25) is 5.95 Å². The summed E-state index contributed by atoms with van der Waals surface area (Å²) < 4.78 is 30.1. The number of carboxylic acid groups (broad SMARTS) is 1. The number of hydrogen-bond acceptors (Lipinski definition) is 5. The summed E-state index contributed by atoms with van der Waals surface area (Å²) in [6, 6.07) is 15.3. The van der Waals surface area contributed by atoms with E-state index in [1.807, 2.05) is 12.1 Å². The molecule has 0 saturated carbocycles. The van der Waals surface area contributed by atoms with Gasteiger partial charge in [-0.2, -0.15) is 0 Å². The molecule has 3 aromatic carbocycles. The largest absolute Gasteiger partial charge is 0.478 e. The second kappa shape index (κ2) is 8.75. The molecule has 0 radical (unpaired) electrons. The number of rotatable bonds is 4. The van der Waals surface area contributed by atoms with Crippen LogP contribution in [-0.2, 0) is 6.54 Å². The van der Waals surface area contributed by atoms with Gasteiger partial charge in [-0.25, -0.2) is 23.5 Å². The van der Waals surface area contributed by atoms with E-state index in [0.717, 1.165) is 4.47 Å². The SMILES string of the molecule is O=C(O)c1ccc(Nc2ncc3c(n2)-c2ccc(Br)cc2C(c2c(F)cccc2F)=NC3)cc1. The van der Waals surface area contributed by atoms with Crippen LogP contribution in [-0.4, -0.2) is 26.8 Å². The molecule has 9 heteroatoms. The lowest BCUT2D eigenvalue weighted by Crippen LogP contribution is -2.10. The average molecular weight is 521 g/mol. The van der Waals surface area contributed by atoms with Crippen molar-refractivity contribution in [1.29, 1.82) is 0 Å². The number of fused-ring (bicyclic) bond motifs is 3. The number of benzene rings is 3. The summed E-state index contributed by atoms with van der Waals surface area (Å²) in [6.45, 7) is 0.137. The molecule has 1 aromatic heterocycles. The third-order valence-electron chi connectivity index (χ3n) is 5.35. The fraction of sp³-hybridized carbons (Fsp3) is 0.0400. The molecular weight excluding hydrogens is 506 g/mol. The molecule has 4 aromatic rings. The van der Waals surface area contributed by atoms with Gasteiger partial charge in [-0.15, -0.1) is 0 Å². The predicted molar refractivity (Wildman–Crippen MR) is 128 cm³/mol. The van der Waals surface area contributed by atoms with Gasteiger partial charge in [-0.05, 0) is 48.5 Å². The highest BCUT2D eigenvalue weighted by Crippen LogP contribution is 2.34. The Labute approximate surface area is 201 Å². The maximum Gasteiger partial charge on any atom is 0.335 e. The van der Waals surface area contributed by atoms with Gasteiger partial charge in [-0.1, -0.05) is 28.1 Å².